The third-order valence-electron chi connectivity index (χ3n) is 7.98. The summed E-state index contributed by atoms with van der Waals surface area (Å²) in [5.74, 6) is -0.891. The third-order valence-corrected chi connectivity index (χ3v) is 8.27. The number of aliphatic hydroxyl groups is 1. The van der Waals surface area contributed by atoms with Gasteiger partial charge in [0, 0.05) is 39.3 Å². The van der Waals surface area contributed by atoms with Crippen LogP contribution in [0, 0.1) is 11.3 Å². The standard InChI is InChI=1S/C27H32ClF3N4O4/c1-32-23(36)20-7-8-21(33-22(20)28)35-11-9-25(10-12-35)14-17(15-25)16-34(2)24(37)26(38,27(29,30)31)18-5-4-6-19(13-18)39-3/h4-8,13,17,38H,9-12,14-16H2,1-3H3,(H,32,36)/t26-/m1/s1. The summed E-state index contributed by atoms with van der Waals surface area (Å²) in [5.41, 5.74) is -3.89. The van der Waals surface area contributed by atoms with Gasteiger partial charge >= 0.3 is 6.18 Å². The van der Waals surface area contributed by atoms with Gasteiger partial charge < -0.3 is 25.0 Å². The summed E-state index contributed by atoms with van der Waals surface area (Å²) < 4.78 is 47.2. The molecule has 2 fully saturated rings. The largest absolute Gasteiger partial charge is 0.497 e. The van der Waals surface area contributed by atoms with Crippen LogP contribution >= 0.6 is 11.6 Å². The molecule has 39 heavy (non-hydrogen) atoms. The number of nitrogens with zero attached hydrogens (tertiary/aromatic N) is 3. The normalized spacial score (nSPS) is 18.7. The molecule has 8 nitrogen and oxygen atoms in total. The zero-order chi connectivity index (χ0) is 28.6. The highest BCUT2D eigenvalue weighted by Crippen LogP contribution is 2.53. The minimum absolute atomic E-state index is 0.0349. The molecule has 2 aromatic rings. The fraction of sp³-hybridized carbons (Fsp3) is 0.519. The van der Waals surface area contributed by atoms with Gasteiger partial charge in [0.25, 0.3) is 17.4 Å². The number of pyridine rings is 1. The fourth-order valence-electron chi connectivity index (χ4n) is 5.82. The number of nitrogens with one attached hydrogen (secondary N) is 1. The van der Waals surface area contributed by atoms with Crippen LogP contribution in [-0.4, -0.2) is 73.8 Å². The molecular weight excluding hydrogens is 537 g/mol. The van der Waals surface area contributed by atoms with Crippen LogP contribution in [0.1, 0.15) is 41.6 Å². The van der Waals surface area contributed by atoms with E-state index in [4.69, 9.17) is 16.3 Å². The van der Waals surface area contributed by atoms with Crippen LogP contribution in [0.2, 0.25) is 5.15 Å². The van der Waals surface area contributed by atoms with Crippen LogP contribution in [0.3, 0.4) is 0 Å². The number of likely N-dealkylation sites (N-methyl/N-ethyl adjacent to an activating group) is 1. The zero-order valence-corrected chi connectivity index (χ0v) is 22.8. The number of piperidine rings is 1. The first-order valence-corrected chi connectivity index (χ1v) is 13.0. The Morgan fingerprint density at radius 3 is 2.46 bits per heavy atom. The highest BCUT2D eigenvalue weighted by molar-refractivity contribution is 6.32. The maximum Gasteiger partial charge on any atom is 0.430 e. The summed E-state index contributed by atoms with van der Waals surface area (Å²) in [6, 6.07) is 8.26. The van der Waals surface area contributed by atoms with Gasteiger partial charge in [0.1, 0.15) is 16.7 Å². The van der Waals surface area contributed by atoms with Crippen LogP contribution in [0.25, 0.3) is 0 Å². The Labute approximate surface area is 230 Å². The Morgan fingerprint density at radius 1 is 1.23 bits per heavy atom. The Bertz CT molecular complexity index is 1230. The summed E-state index contributed by atoms with van der Waals surface area (Å²) in [6.45, 7) is 1.58. The smallest absolute Gasteiger partial charge is 0.430 e. The number of ether oxygens (including phenoxy) is 1. The van der Waals surface area contributed by atoms with E-state index in [-0.39, 0.29) is 34.7 Å². The average Bonchev–Trinajstić information content (AvgIpc) is 2.90. The van der Waals surface area contributed by atoms with Crippen LogP contribution in [0.5, 0.6) is 5.75 Å². The van der Waals surface area contributed by atoms with Gasteiger partial charge in [0.2, 0.25) is 0 Å². The predicted molar refractivity (Wildman–Crippen MR) is 140 cm³/mol. The molecule has 1 aliphatic heterocycles. The lowest BCUT2D eigenvalue weighted by Gasteiger charge is -2.53. The molecule has 4 rings (SSSR count). The van der Waals surface area contributed by atoms with E-state index in [0.717, 1.165) is 55.8 Å². The van der Waals surface area contributed by atoms with E-state index in [2.05, 4.69) is 15.2 Å². The summed E-state index contributed by atoms with van der Waals surface area (Å²) in [6.07, 6.45) is -1.91. The minimum Gasteiger partial charge on any atom is -0.497 e. The fourth-order valence-corrected chi connectivity index (χ4v) is 6.06. The maximum atomic E-state index is 14.1. The third kappa shape index (κ3) is 5.51. The van der Waals surface area contributed by atoms with Crippen molar-refractivity contribution in [3.63, 3.8) is 0 Å². The molecule has 1 saturated carbocycles. The molecule has 0 radical (unpaired) electrons. The quantitative estimate of drug-likeness (QED) is 0.490. The maximum absolute atomic E-state index is 14.1. The Kier molecular flexibility index (Phi) is 8.05. The monoisotopic (exact) mass is 568 g/mol. The van der Waals surface area contributed by atoms with Crippen LogP contribution in [-0.2, 0) is 10.4 Å². The summed E-state index contributed by atoms with van der Waals surface area (Å²) in [7, 11) is 4.11. The first-order valence-electron chi connectivity index (χ1n) is 12.7. The van der Waals surface area contributed by atoms with Crippen molar-refractivity contribution in [2.45, 2.75) is 37.5 Å². The number of methoxy groups -OCH3 is 1. The van der Waals surface area contributed by atoms with Gasteiger partial charge in [-0.3, -0.25) is 9.59 Å². The number of amides is 2. The number of alkyl halides is 3. The number of rotatable bonds is 7. The molecule has 1 aromatic carbocycles. The first-order chi connectivity index (χ1) is 18.3. The average molecular weight is 569 g/mol. The van der Waals surface area contributed by atoms with Gasteiger partial charge in [-0.2, -0.15) is 13.2 Å². The minimum atomic E-state index is -5.21. The second-order valence-corrected chi connectivity index (χ2v) is 10.8. The molecule has 2 aliphatic rings. The van der Waals surface area contributed by atoms with E-state index in [1.165, 1.54) is 33.3 Å². The van der Waals surface area contributed by atoms with Crippen LogP contribution < -0.4 is 15.0 Å². The second-order valence-electron chi connectivity index (χ2n) is 10.5. The molecule has 1 atom stereocenters. The number of benzene rings is 1. The van der Waals surface area contributed by atoms with Crippen molar-refractivity contribution in [3.05, 3.63) is 52.7 Å². The molecular formula is C27H32ClF3N4O4. The van der Waals surface area contributed by atoms with Crippen LogP contribution in [0.15, 0.2) is 36.4 Å². The molecule has 1 aromatic heterocycles. The van der Waals surface area contributed by atoms with Gasteiger partial charge in [-0.05, 0) is 61.3 Å². The lowest BCUT2D eigenvalue weighted by molar-refractivity contribution is -0.261. The van der Waals surface area contributed by atoms with E-state index in [1.54, 1.807) is 12.1 Å². The van der Waals surface area contributed by atoms with E-state index in [0.29, 0.717) is 11.4 Å². The van der Waals surface area contributed by atoms with Gasteiger partial charge in [0.15, 0.2) is 0 Å². The SMILES string of the molecule is CNC(=O)c1ccc(N2CCC3(CC2)CC(CN(C)C(=O)[C@](O)(c2cccc(OC)c2)C(F)(F)F)C3)nc1Cl. The molecule has 212 valence electrons. The molecule has 2 heterocycles. The van der Waals surface area contributed by atoms with E-state index in [1.807, 2.05) is 0 Å². The summed E-state index contributed by atoms with van der Waals surface area (Å²) >= 11 is 6.20. The topological polar surface area (TPSA) is 95.0 Å². The van der Waals surface area contributed by atoms with E-state index in [9.17, 15) is 27.9 Å². The van der Waals surface area contributed by atoms with Gasteiger partial charge in [-0.25, -0.2) is 4.98 Å². The summed E-state index contributed by atoms with van der Waals surface area (Å²) in [4.78, 5) is 32.4. The lowest BCUT2D eigenvalue weighted by atomic mass is 9.57. The zero-order valence-electron chi connectivity index (χ0n) is 22.0. The van der Waals surface area contributed by atoms with Crippen molar-refractivity contribution in [2.75, 3.05) is 45.7 Å². The van der Waals surface area contributed by atoms with Crippen molar-refractivity contribution in [3.8, 4) is 5.75 Å². The summed E-state index contributed by atoms with van der Waals surface area (Å²) in [5, 5.41) is 13.4. The number of carbonyl (C=O) groups excluding carboxylic acids is 2. The number of halogens is 4. The van der Waals surface area contributed by atoms with Crippen molar-refractivity contribution in [2.24, 2.45) is 11.3 Å². The predicted octanol–water partition coefficient (Wildman–Crippen LogP) is 4.01. The first kappa shape index (κ1) is 28.9. The number of hydrogen-bond acceptors (Lipinski definition) is 6. The van der Waals surface area contributed by atoms with Crippen molar-refractivity contribution >= 4 is 29.2 Å². The second kappa shape index (κ2) is 10.8. The molecule has 1 spiro atoms. The van der Waals surface area contributed by atoms with Crippen molar-refractivity contribution in [1.29, 1.82) is 0 Å². The molecule has 0 bridgehead atoms. The number of carbonyl (C=O) groups is 2. The van der Waals surface area contributed by atoms with Crippen molar-refractivity contribution in [1.82, 2.24) is 15.2 Å². The van der Waals surface area contributed by atoms with Crippen molar-refractivity contribution < 1.29 is 32.6 Å². The van der Waals surface area contributed by atoms with Gasteiger partial charge in [0.05, 0.1) is 12.7 Å². The van der Waals surface area contributed by atoms with Gasteiger partial charge in [-0.1, -0.05) is 23.7 Å². The Balaban J connectivity index is 1.36. The Morgan fingerprint density at radius 2 is 1.90 bits per heavy atom. The number of hydrogen-bond donors (Lipinski definition) is 2. The molecule has 0 unspecified atom stereocenters. The highest BCUT2D eigenvalue weighted by Gasteiger charge is 2.62. The Hall–Kier alpha value is -3.05. The number of aromatic nitrogens is 1. The molecule has 1 aliphatic carbocycles. The van der Waals surface area contributed by atoms with Crippen LogP contribution in [0.4, 0.5) is 19.0 Å². The number of anilines is 1. The molecule has 2 N–H and O–H groups in total. The van der Waals surface area contributed by atoms with Gasteiger partial charge in [-0.15, -0.1) is 0 Å². The lowest BCUT2D eigenvalue weighted by Crippen LogP contribution is -2.57. The molecule has 1 saturated heterocycles. The molecule has 12 heteroatoms. The van der Waals surface area contributed by atoms with E-state index < -0.39 is 23.2 Å². The highest BCUT2D eigenvalue weighted by atomic mass is 35.5. The molecule has 2 amide bonds. The van der Waals surface area contributed by atoms with E-state index >= 15 is 0 Å².